The van der Waals surface area contributed by atoms with Gasteiger partial charge in [0, 0.05) is 11.7 Å². The largest absolute Gasteiger partial charge is 0.390 e. The molecular formula is C20H26N4O3S. The minimum absolute atomic E-state index is 0.0898. The first-order valence-corrected chi connectivity index (χ1v) is 10.3. The number of imidazole rings is 1. The van der Waals surface area contributed by atoms with Crippen LogP contribution in [0.3, 0.4) is 0 Å². The number of benzene rings is 1. The minimum atomic E-state index is -0.210. The van der Waals surface area contributed by atoms with Crippen molar-refractivity contribution in [3.63, 3.8) is 0 Å². The summed E-state index contributed by atoms with van der Waals surface area (Å²) in [6.07, 6.45) is 3.57. The molecule has 0 radical (unpaired) electrons. The summed E-state index contributed by atoms with van der Waals surface area (Å²) in [5.41, 5.74) is 4.59. The normalized spacial score (nSPS) is 13.4. The molecule has 0 saturated heterocycles. The van der Waals surface area contributed by atoms with Gasteiger partial charge >= 0.3 is 0 Å². The molecule has 1 fully saturated rings. The summed E-state index contributed by atoms with van der Waals surface area (Å²) < 4.78 is 1.66. The maximum Gasteiger partial charge on any atom is 0.240 e. The van der Waals surface area contributed by atoms with Crippen LogP contribution in [0.4, 0.5) is 5.69 Å². The van der Waals surface area contributed by atoms with Gasteiger partial charge in [0.15, 0.2) is 5.16 Å². The van der Waals surface area contributed by atoms with Crippen molar-refractivity contribution < 1.29 is 14.7 Å². The number of anilines is 1. The molecule has 1 heterocycles. The molecule has 1 aromatic carbocycles. The number of thioether (sulfide) groups is 1. The number of carbonyl (C=O) groups is 2. The zero-order chi connectivity index (χ0) is 20.3. The summed E-state index contributed by atoms with van der Waals surface area (Å²) in [5.74, 6) is -0.0752. The monoisotopic (exact) mass is 402 g/mol. The highest BCUT2D eigenvalue weighted by Gasteiger charge is 2.24. The summed E-state index contributed by atoms with van der Waals surface area (Å²) in [7, 11) is 0. The van der Waals surface area contributed by atoms with Crippen molar-refractivity contribution in [3.8, 4) is 0 Å². The van der Waals surface area contributed by atoms with Crippen LogP contribution in [0.1, 0.15) is 35.2 Å². The van der Waals surface area contributed by atoms with Crippen molar-refractivity contribution in [2.45, 2.75) is 58.0 Å². The fraction of sp³-hybridized carbons (Fsp3) is 0.450. The second kappa shape index (κ2) is 8.79. The zero-order valence-electron chi connectivity index (χ0n) is 16.4. The number of aliphatic hydroxyl groups is 1. The Labute approximate surface area is 168 Å². The van der Waals surface area contributed by atoms with E-state index >= 15 is 0 Å². The zero-order valence-corrected chi connectivity index (χ0v) is 17.2. The molecule has 7 nitrogen and oxygen atoms in total. The Morgan fingerprint density at radius 1 is 1.21 bits per heavy atom. The van der Waals surface area contributed by atoms with E-state index in [1.807, 2.05) is 32.9 Å². The average molecular weight is 403 g/mol. The predicted octanol–water partition coefficient (Wildman–Crippen LogP) is 2.31. The standard InChI is InChI=1S/C20H26N4O3S/c1-12-6-13(2)19(14(3)7-12)23-18(27)11-28-20-21-8-16(10-25)24(20)9-17(26)22-15-4-5-15/h6-8,15,25H,4-5,9-11H2,1-3H3,(H,22,26)(H,23,27). The number of hydrogen-bond acceptors (Lipinski definition) is 5. The fourth-order valence-corrected chi connectivity index (χ4v) is 3.93. The average Bonchev–Trinajstić information content (AvgIpc) is 3.35. The number of aryl methyl sites for hydroxylation is 3. The Kier molecular flexibility index (Phi) is 6.41. The molecule has 0 aliphatic heterocycles. The molecule has 8 heteroatoms. The van der Waals surface area contributed by atoms with Gasteiger partial charge < -0.3 is 20.3 Å². The second-order valence-electron chi connectivity index (χ2n) is 7.23. The van der Waals surface area contributed by atoms with Crippen molar-refractivity contribution in [3.05, 3.63) is 40.7 Å². The highest BCUT2D eigenvalue weighted by molar-refractivity contribution is 7.99. The van der Waals surface area contributed by atoms with Crippen LogP contribution in [-0.4, -0.2) is 38.3 Å². The predicted molar refractivity (Wildman–Crippen MR) is 109 cm³/mol. The summed E-state index contributed by atoms with van der Waals surface area (Å²) in [6.45, 7) is 5.85. The van der Waals surface area contributed by atoms with Crippen molar-refractivity contribution in [2.75, 3.05) is 11.1 Å². The summed E-state index contributed by atoms with van der Waals surface area (Å²) in [6, 6.07) is 4.35. The van der Waals surface area contributed by atoms with E-state index in [9.17, 15) is 14.7 Å². The molecular weight excluding hydrogens is 376 g/mol. The molecule has 1 aliphatic carbocycles. The van der Waals surface area contributed by atoms with Gasteiger partial charge in [-0.3, -0.25) is 9.59 Å². The van der Waals surface area contributed by atoms with E-state index in [1.54, 1.807) is 10.8 Å². The fourth-order valence-electron chi connectivity index (χ4n) is 3.13. The number of amides is 2. The molecule has 3 N–H and O–H groups in total. The minimum Gasteiger partial charge on any atom is -0.390 e. The third-order valence-electron chi connectivity index (χ3n) is 4.58. The molecule has 3 rings (SSSR count). The maximum absolute atomic E-state index is 12.4. The topological polar surface area (TPSA) is 96.2 Å². The van der Waals surface area contributed by atoms with Gasteiger partial charge in [-0.1, -0.05) is 29.5 Å². The number of nitrogens with one attached hydrogen (secondary N) is 2. The van der Waals surface area contributed by atoms with Crippen molar-refractivity contribution in [1.82, 2.24) is 14.9 Å². The van der Waals surface area contributed by atoms with E-state index in [-0.39, 0.29) is 36.8 Å². The van der Waals surface area contributed by atoms with E-state index in [0.29, 0.717) is 10.9 Å². The van der Waals surface area contributed by atoms with Crippen LogP contribution in [0.2, 0.25) is 0 Å². The molecule has 2 aromatic rings. The first-order valence-electron chi connectivity index (χ1n) is 9.32. The van der Waals surface area contributed by atoms with Crippen LogP contribution >= 0.6 is 11.8 Å². The van der Waals surface area contributed by atoms with Gasteiger partial charge in [0.1, 0.15) is 6.54 Å². The Balaban J connectivity index is 1.63. The highest BCUT2D eigenvalue weighted by Crippen LogP contribution is 2.24. The first kappa shape index (κ1) is 20.4. The van der Waals surface area contributed by atoms with Gasteiger partial charge in [0.05, 0.1) is 24.3 Å². The lowest BCUT2D eigenvalue weighted by atomic mass is 10.1. The van der Waals surface area contributed by atoms with E-state index in [0.717, 1.165) is 35.2 Å². The van der Waals surface area contributed by atoms with Gasteiger partial charge in [0.2, 0.25) is 11.8 Å². The van der Waals surface area contributed by atoms with Crippen molar-refractivity contribution in [1.29, 1.82) is 0 Å². The third-order valence-corrected chi connectivity index (χ3v) is 5.57. The van der Waals surface area contributed by atoms with E-state index in [2.05, 4.69) is 15.6 Å². The summed E-state index contributed by atoms with van der Waals surface area (Å²) in [5, 5.41) is 16.0. The van der Waals surface area contributed by atoms with E-state index in [4.69, 9.17) is 0 Å². The molecule has 28 heavy (non-hydrogen) atoms. The number of aliphatic hydroxyl groups excluding tert-OH is 1. The van der Waals surface area contributed by atoms with Crippen molar-refractivity contribution in [2.24, 2.45) is 0 Å². The number of carbonyl (C=O) groups excluding carboxylic acids is 2. The van der Waals surface area contributed by atoms with Crippen LogP contribution < -0.4 is 10.6 Å². The first-order chi connectivity index (χ1) is 13.4. The quantitative estimate of drug-likeness (QED) is 0.589. The highest BCUT2D eigenvalue weighted by atomic mass is 32.2. The van der Waals surface area contributed by atoms with Gasteiger partial charge in [-0.2, -0.15) is 0 Å². The third kappa shape index (κ3) is 5.14. The molecule has 0 bridgehead atoms. The Bertz CT molecular complexity index is 867. The number of aromatic nitrogens is 2. The van der Waals surface area contributed by atoms with Crippen LogP contribution in [-0.2, 0) is 22.7 Å². The molecule has 0 atom stereocenters. The Hall–Kier alpha value is -2.32. The summed E-state index contributed by atoms with van der Waals surface area (Å²) >= 11 is 1.25. The lowest BCUT2D eigenvalue weighted by Crippen LogP contribution is -2.30. The van der Waals surface area contributed by atoms with Gasteiger partial charge in [-0.05, 0) is 44.7 Å². The molecule has 1 aromatic heterocycles. The van der Waals surface area contributed by atoms with Gasteiger partial charge in [-0.25, -0.2) is 4.98 Å². The molecule has 150 valence electrons. The van der Waals surface area contributed by atoms with Crippen molar-refractivity contribution >= 4 is 29.3 Å². The van der Waals surface area contributed by atoms with Crippen LogP contribution in [0.5, 0.6) is 0 Å². The SMILES string of the molecule is Cc1cc(C)c(NC(=O)CSc2ncc(CO)n2CC(=O)NC2CC2)c(C)c1. The molecule has 0 unspecified atom stereocenters. The lowest BCUT2D eigenvalue weighted by molar-refractivity contribution is -0.122. The van der Waals surface area contributed by atoms with Crippen LogP contribution in [0.15, 0.2) is 23.5 Å². The number of nitrogens with zero attached hydrogens (tertiary/aromatic N) is 2. The molecule has 2 amide bonds. The molecule has 1 aliphatic rings. The molecule has 1 saturated carbocycles. The second-order valence-corrected chi connectivity index (χ2v) is 8.17. The van der Waals surface area contributed by atoms with Crippen LogP contribution in [0, 0.1) is 20.8 Å². The van der Waals surface area contributed by atoms with E-state index < -0.39 is 0 Å². The lowest BCUT2D eigenvalue weighted by Gasteiger charge is -2.13. The smallest absolute Gasteiger partial charge is 0.240 e. The number of hydrogen-bond donors (Lipinski definition) is 3. The Morgan fingerprint density at radius 3 is 2.50 bits per heavy atom. The maximum atomic E-state index is 12.4. The van der Waals surface area contributed by atoms with Crippen LogP contribution in [0.25, 0.3) is 0 Å². The van der Waals surface area contributed by atoms with Gasteiger partial charge in [0.25, 0.3) is 0 Å². The molecule has 0 spiro atoms. The Morgan fingerprint density at radius 2 is 1.89 bits per heavy atom. The van der Waals surface area contributed by atoms with Gasteiger partial charge in [-0.15, -0.1) is 0 Å². The summed E-state index contributed by atoms with van der Waals surface area (Å²) in [4.78, 5) is 28.8. The van der Waals surface area contributed by atoms with E-state index in [1.165, 1.54) is 11.8 Å². The number of rotatable bonds is 8.